The van der Waals surface area contributed by atoms with Crippen molar-refractivity contribution in [1.82, 2.24) is 9.88 Å². The zero-order valence-corrected chi connectivity index (χ0v) is 18.9. The molecule has 9 nitrogen and oxygen atoms in total. The summed E-state index contributed by atoms with van der Waals surface area (Å²) in [5, 5.41) is 11.8. The minimum absolute atomic E-state index is 0. The second kappa shape index (κ2) is 9.23. The number of anilines is 1. The molecule has 1 aliphatic rings. The van der Waals surface area contributed by atoms with E-state index in [2.05, 4.69) is 4.98 Å². The van der Waals surface area contributed by atoms with Crippen LogP contribution in [0.15, 0.2) is 30.3 Å². The molecule has 1 aliphatic heterocycles. The van der Waals surface area contributed by atoms with Gasteiger partial charge in [-0.1, -0.05) is 22.9 Å². The molecule has 0 bridgehead atoms. The number of thiazole rings is 1. The molecule has 1 amide bonds. The van der Waals surface area contributed by atoms with Gasteiger partial charge in [0.2, 0.25) is 6.79 Å². The van der Waals surface area contributed by atoms with Crippen LogP contribution in [0.5, 0.6) is 11.5 Å². The molecule has 0 saturated heterocycles. The topological polar surface area (TPSA) is 98.0 Å². The van der Waals surface area contributed by atoms with Gasteiger partial charge in [-0.15, -0.1) is 12.4 Å². The van der Waals surface area contributed by atoms with Gasteiger partial charge in [0.25, 0.3) is 11.6 Å². The van der Waals surface area contributed by atoms with Gasteiger partial charge in [0.05, 0.1) is 25.7 Å². The molecule has 0 fully saturated rings. The van der Waals surface area contributed by atoms with E-state index in [1.165, 1.54) is 34.4 Å². The summed E-state index contributed by atoms with van der Waals surface area (Å²) in [6.07, 6.45) is 0. The summed E-state index contributed by atoms with van der Waals surface area (Å²) in [5.41, 5.74) is 0.524. The standard InChI is InChI=1S/C19H17ClN4O5S.ClH/c1-22(2)5-6-23(18(25)12-7-11(24(26)27)3-4-13(12)20)19-21-14-8-15-16(29-10-28-15)9-17(14)30-19;/h3-4,7-9H,5-6,10H2,1-2H3;1H. The molecule has 0 saturated carbocycles. The Balaban J connectivity index is 0.00000272. The molecule has 2 aromatic carbocycles. The molecule has 164 valence electrons. The number of hydrogen-bond acceptors (Lipinski definition) is 8. The number of fused-ring (bicyclic) bond motifs is 2. The van der Waals surface area contributed by atoms with Gasteiger partial charge in [-0.3, -0.25) is 19.8 Å². The minimum atomic E-state index is -0.559. The normalized spacial score (nSPS) is 12.1. The van der Waals surface area contributed by atoms with Gasteiger partial charge in [0.15, 0.2) is 16.6 Å². The lowest BCUT2D eigenvalue weighted by atomic mass is 10.1. The molecule has 0 aliphatic carbocycles. The Labute approximate surface area is 192 Å². The van der Waals surface area contributed by atoms with Crippen LogP contribution in [0.3, 0.4) is 0 Å². The molecule has 12 heteroatoms. The number of ether oxygens (including phenoxy) is 2. The van der Waals surface area contributed by atoms with Crippen LogP contribution < -0.4 is 14.4 Å². The number of benzene rings is 2. The van der Waals surface area contributed by atoms with Crippen molar-refractivity contribution < 1.29 is 19.2 Å². The number of nitro benzene ring substituents is 1. The van der Waals surface area contributed by atoms with Gasteiger partial charge in [-0.05, 0) is 20.2 Å². The van der Waals surface area contributed by atoms with Crippen LogP contribution in [0, 0.1) is 10.1 Å². The number of carbonyl (C=O) groups excluding carboxylic acids is 1. The Bertz CT molecular complexity index is 1110. The van der Waals surface area contributed by atoms with Gasteiger partial charge < -0.3 is 14.4 Å². The molecule has 4 rings (SSSR count). The molecule has 0 N–H and O–H groups in total. The molecule has 1 aromatic heterocycles. The van der Waals surface area contributed by atoms with E-state index in [9.17, 15) is 14.9 Å². The molecule has 0 atom stereocenters. The molecule has 0 radical (unpaired) electrons. The third-order valence-corrected chi connectivity index (χ3v) is 5.88. The Morgan fingerprint density at radius 3 is 2.61 bits per heavy atom. The monoisotopic (exact) mass is 484 g/mol. The van der Waals surface area contributed by atoms with Crippen LogP contribution in [0.25, 0.3) is 10.2 Å². The third kappa shape index (κ3) is 4.67. The van der Waals surface area contributed by atoms with E-state index < -0.39 is 10.8 Å². The lowest BCUT2D eigenvalue weighted by Crippen LogP contribution is -2.37. The zero-order valence-electron chi connectivity index (χ0n) is 16.5. The van der Waals surface area contributed by atoms with E-state index in [-0.39, 0.29) is 35.5 Å². The van der Waals surface area contributed by atoms with Crippen LogP contribution in [-0.4, -0.2) is 54.7 Å². The highest BCUT2D eigenvalue weighted by Gasteiger charge is 2.26. The predicted octanol–water partition coefficient (Wildman–Crippen LogP) is 4.22. The van der Waals surface area contributed by atoms with Crippen molar-refractivity contribution >= 4 is 62.3 Å². The number of non-ortho nitro benzene ring substituents is 1. The molecule has 2 heterocycles. The van der Waals surface area contributed by atoms with Crippen molar-refractivity contribution in [3.8, 4) is 11.5 Å². The number of hydrogen-bond donors (Lipinski definition) is 0. The van der Waals surface area contributed by atoms with Crippen LogP contribution in [0.1, 0.15) is 10.4 Å². The average molecular weight is 485 g/mol. The quantitative estimate of drug-likeness (QED) is 0.381. The highest BCUT2D eigenvalue weighted by Crippen LogP contribution is 2.40. The summed E-state index contributed by atoms with van der Waals surface area (Å²) < 4.78 is 11.6. The molecule has 0 unspecified atom stereocenters. The number of halogens is 2. The number of nitrogens with zero attached hydrogens (tertiary/aromatic N) is 4. The first kappa shape index (κ1) is 23.0. The summed E-state index contributed by atoms with van der Waals surface area (Å²) in [4.78, 5) is 32.0. The van der Waals surface area contributed by atoms with E-state index >= 15 is 0 Å². The molecule has 0 spiro atoms. The number of aromatic nitrogens is 1. The predicted molar refractivity (Wildman–Crippen MR) is 121 cm³/mol. The van der Waals surface area contributed by atoms with Gasteiger partial charge in [0, 0.05) is 37.4 Å². The largest absolute Gasteiger partial charge is 0.454 e. The van der Waals surface area contributed by atoms with Crippen LogP contribution in [-0.2, 0) is 0 Å². The van der Waals surface area contributed by atoms with Gasteiger partial charge in [0.1, 0.15) is 0 Å². The third-order valence-electron chi connectivity index (χ3n) is 4.51. The number of likely N-dealkylation sites (N-methyl/N-ethyl adjacent to an activating group) is 1. The highest BCUT2D eigenvalue weighted by atomic mass is 35.5. The summed E-state index contributed by atoms with van der Waals surface area (Å²) in [6.45, 7) is 1.06. The zero-order chi connectivity index (χ0) is 21.4. The molecular weight excluding hydrogens is 467 g/mol. The molecule has 31 heavy (non-hydrogen) atoms. The Morgan fingerprint density at radius 1 is 1.23 bits per heavy atom. The maximum absolute atomic E-state index is 13.3. The maximum Gasteiger partial charge on any atom is 0.270 e. The fourth-order valence-corrected chi connectivity index (χ4v) is 4.14. The minimum Gasteiger partial charge on any atom is -0.454 e. The van der Waals surface area contributed by atoms with Crippen molar-refractivity contribution in [1.29, 1.82) is 0 Å². The van der Waals surface area contributed by atoms with E-state index in [4.69, 9.17) is 21.1 Å². The van der Waals surface area contributed by atoms with Gasteiger partial charge in [-0.25, -0.2) is 4.98 Å². The van der Waals surface area contributed by atoms with E-state index in [0.717, 1.165) is 4.70 Å². The second-order valence-corrected chi connectivity index (χ2v) is 8.27. The molecular formula is C19H18Cl2N4O5S. The lowest BCUT2D eigenvalue weighted by Gasteiger charge is -2.22. The van der Waals surface area contributed by atoms with Gasteiger partial charge >= 0.3 is 0 Å². The Morgan fingerprint density at radius 2 is 1.94 bits per heavy atom. The average Bonchev–Trinajstić information content (AvgIpc) is 3.31. The number of rotatable bonds is 6. The lowest BCUT2D eigenvalue weighted by molar-refractivity contribution is -0.384. The summed E-state index contributed by atoms with van der Waals surface area (Å²) in [6, 6.07) is 7.41. The highest BCUT2D eigenvalue weighted by molar-refractivity contribution is 7.22. The van der Waals surface area contributed by atoms with Crippen LogP contribution in [0.4, 0.5) is 10.8 Å². The van der Waals surface area contributed by atoms with Crippen LogP contribution in [0.2, 0.25) is 5.02 Å². The first-order chi connectivity index (χ1) is 14.3. The van der Waals surface area contributed by atoms with Crippen molar-refractivity contribution in [2.75, 3.05) is 38.9 Å². The first-order valence-electron chi connectivity index (χ1n) is 8.94. The van der Waals surface area contributed by atoms with Gasteiger partial charge in [-0.2, -0.15) is 0 Å². The van der Waals surface area contributed by atoms with E-state index in [0.29, 0.717) is 35.2 Å². The summed E-state index contributed by atoms with van der Waals surface area (Å²) >= 11 is 7.53. The van der Waals surface area contributed by atoms with Crippen molar-refractivity contribution in [3.63, 3.8) is 0 Å². The van der Waals surface area contributed by atoms with E-state index in [1.54, 1.807) is 6.07 Å². The Hall–Kier alpha value is -2.66. The number of amides is 1. The second-order valence-electron chi connectivity index (χ2n) is 6.85. The van der Waals surface area contributed by atoms with E-state index in [1.807, 2.05) is 25.1 Å². The fourth-order valence-electron chi connectivity index (χ4n) is 2.94. The fraction of sp³-hybridized carbons (Fsp3) is 0.263. The molecule has 3 aromatic rings. The van der Waals surface area contributed by atoms with Crippen molar-refractivity contribution in [2.45, 2.75) is 0 Å². The van der Waals surface area contributed by atoms with Crippen LogP contribution >= 0.6 is 35.3 Å². The summed E-state index contributed by atoms with van der Waals surface area (Å²) in [5.74, 6) is 0.780. The smallest absolute Gasteiger partial charge is 0.270 e. The summed E-state index contributed by atoms with van der Waals surface area (Å²) in [7, 11) is 3.78. The SMILES string of the molecule is CN(C)CCN(C(=O)c1cc([N+](=O)[O-])ccc1Cl)c1nc2cc3c(cc2s1)OCO3.Cl. The number of nitro groups is 1. The van der Waals surface area contributed by atoms with Crippen molar-refractivity contribution in [2.24, 2.45) is 0 Å². The number of carbonyl (C=O) groups is 1. The maximum atomic E-state index is 13.3. The Kier molecular flexibility index (Phi) is 6.85. The van der Waals surface area contributed by atoms with Crippen molar-refractivity contribution in [3.05, 3.63) is 51.0 Å². The first-order valence-corrected chi connectivity index (χ1v) is 10.1.